The molecule has 0 aliphatic carbocycles. The Hall–Kier alpha value is -2.08. The van der Waals surface area contributed by atoms with E-state index in [0.29, 0.717) is 11.6 Å². The summed E-state index contributed by atoms with van der Waals surface area (Å²) in [7, 11) is 0. The van der Waals surface area contributed by atoms with E-state index in [4.69, 9.17) is 9.84 Å². The Balaban J connectivity index is 2.19. The molecule has 0 unspecified atom stereocenters. The molecule has 6 heteroatoms. The van der Waals surface area contributed by atoms with Crippen molar-refractivity contribution in [3.05, 3.63) is 30.1 Å². The maximum atomic E-state index is 10.9. The molecule has 0 spiro atoms. The molecule has 0 amide bonds. The summed E-state index contributed by atoms with van der Waals surface area (Å²) >= 11 is 1.45. The van der Waals surface area contributed by atoms with E-state index >= 15 is 0 Å². The molecule has 3 rings (SSSR count). The van der Waals surface area contributed by atoms with Crippen LogP contribution in [-0.2, 0) is 0 Å². The summed E-state index contributed by atoms with van der Waals surface area (Å²) in [5, 5.41) is 8.90. The lowest BCUT2D eigenvalue weighted by atomic mass is 10.3. The van der Waals surface area contributed by atoms with Crippen LogP contribution in [0.3, 0.4) is 0 Å². The average Bonchev–Trinajstić information content (AvgIpc) is 2.85. The summed E-state index contributed by atoms with van der Waals surface area (Å²) in [5.74, 6) is -0.196. The van der Waals surface area contributed by atoms with E-state index in [1.165, 1.54) is 17.5 Å². The summed E-state index contributed by atoms with van der Waals surface area (Å²) in [6, 6.07) is 5.73. The number of nitrogens with zero attached hydrogens (tertiary/aromatic N) is 2. The topological polar surface area (TPSA) is 63.8 Å². The largest absolute Gasteiger partial charge is 0.494 e. The molecule has 3 aromatic rings. The summed E-state index contributed by atoms with van der Waals surface area (Å²) in [4.78, 5) is 15.6. The predicted octanol–water partition coefficient (Wildman–Crippen LogP) is 2.65. The molecule has 2 heterocycles. The van der Waals surface area contributed by atoms with Gasteiger partial charge in [-0.05, 0) is 25.1 Å². The Bertz CT molecular complexity index is 744. The molecule has 0 radical (unpaired) electrons. The monoisotopic (exact) mass is 262 g/mol. The second kappa shape index (κ2) is 3.99. The number of ether oxygens (including phenoxy) is 1. The van der Waals surface area contributed by atoms with Crippen LogP contribution in [0.1, 0.15) is 17.4 Å². The highest BCUT2D eigenvalue weighted by atomic mass is 32.1. The zero-order valence-electron chi connectivity index (χ0n) is 9.58. The maximum absolute atomic E-state index is 10.9. The van der Waals surface area contributed by atoms with Crippen molar-refractivity contribution in [3.63, 3.8) is 0 Å². The van der Waals surface area contributed by atoms with E-state index in [1.807, 2.05) is 25.1 Å². The smallest absolute Gasteiger partial charge is 0.356 e. The number of fused-ring (bicyclic) bond motifs is 3. The van der Waals surface area contributed by atoms with Crippen molar-refractivity contribution in [2.24, 2.45) is 0 Å². The minimum absolute atomic E-state index is 0.0667. The number of carboxylic acids is 1. The van der Waals surface area contributed by atoms with Crippen molar-refractivity contribution in [1.29, 1.82) is 0 Å². The molecule has 0 bridgehead atoms. The van der Waals surface area contributed by atoms with Gasteiger partial charge in [-0.15, -0.1) is 0 Å². The van der Waals surface area contributed by atoms with Crippen LogP contribution in [0.2, 0.25) is 0 Å². The third-order valence-corrected chi connectivity index (χ3v) is 3.61. The average molecular weight is 262 g/mol. The standard InChI is InChI=1S/C12H10N2O3S/c1-2-17-7-3-4-9-10(5-7)18-12-13-8(11(15)16)6-14(9)12/h3-6H,2H2,1H3,(H,15,16). The Labute approximate surface area is 106 Å². The van der Waals surface area contributed by atoms with E-state index in [0.717, 1.165) is 16.0 Å². The molecule has 0 aliphatic rings. The van der Waals surface area contributed by atoms with Gasteiger partial charge in [-0.3, -0.25) is 4.40 Å². The quantitative estimate of drug-likeness (QED) is 0.788. The second-order valence-corrected chi connectivity index (χ2v) is 4.76. The number of aromatic carboxylic acids is 1. The number of rotatable bonds is 3. The molecular weight excluding hydrogens is 252 g/mol. The molecular formula is C12H10N2O3S. The third-order valence-electron chi connectivity index (χ3n) is 2.60. The van der Waals surface area contributed by atoms with Gasteiger partial charge in [0.05, 0.1) is 16.8 Å². The predicted molar refractivity (Wildman–Crippen MR) is 68.7 cm³/mol. The first-order chi connectivity index (χ1) is 8.69. The molecule has 0 saturated carbocycles. The zero-order chi connectivity index (χ0) is 12.7. The number of benzene rings is 1. The van der Waals surface area contributed by atoms with E-state index in [-0.39, 0.29) is 5.69 Å². The zero-order valence-corrected chi connectivity index (χ0v) is 10.4. The molecule has 2 aromatic heterocycles. The molecule has 1 N–H and O–H groups in total. The van der Waals surface area contributed by atoms with E-state index in [2.05, 4.69) is 4.98 Å². The lowest BCUT2D eigenvalue weighted by Crippen LogP contribution is -1.95. The van der Waals surface area contributed by atoms with Crippen LogP contribution in [0, 0.1) is 0 Å². The van der Waals surface area contributed by atoms with Crippen molar-refractivity contribution in [2.75, 3.05) is 6.61 Å². The van der Waals surface area contributed by atoms with Crippen LogP contribution in [0.25, 0.3) is 15.2 Å². The van der Waals surface area contributed by atoms with Crippen LogP contribution in [0.4, 0.5) is 0 Å². The molecule has 0 aliphatic heterocycles. The van der Waals surface area contributed by atoms with E-state index < -0.39 is 5.97 Å². The molecule has 1 aromatic carbocycles. The van der Waals surface area contributed by atoms with E-state index in [9.17, 15) is 4.79 Å². The van der Waals surface area contributed by atoms with Gasteiger partial charge in [0.2, 0.25) is 0 Å². The minimum atomic E-state index is -1.01. The molecule has 92 valence electrons. The van der Waals surface area contributed by atoms with E-state index in [1.54, 1.807) is 4.40 Å². The van der Waals surface area contributed by atoms with Gasteiger partial charge in [0.15, 0.2) is 10.7 Å². The SMILES string of the molecule is CCOc1ccc2c(c1)sc1nc(C(=O)O)cn12. The molecule has 0 atom stereocenters. The summed E-state index contributed by atoms with van der Waals surface area (Å²) in [6.45, 7) is 2.56. The normalized spacial score (nSPS) is 11.2. The number of aromatic nitrogens is 2. The number of hydrogen-bond donors (Lipinski definition) is 1. The second-order valence-electron chi connectivity index (χ2n) is 3.75. The van der Waals surface area contributed by atoms with Crippen molar-refractivity contribution >= 4 is 32.5 Å². The van der Waals surface area contributed by atoms with Gasteiger partial charge in [0.25, 0.3) is 0 Å². The fraction of sp³-hybridized carbons (Fsp3) is 0.167. The number of hydrogen-bond acceptors (Lipinski definition) is 4. The first kappa shape index (κ1) is 11.0. The minimum Gasteiger partial charge on any atom is -0.494 e. The van der Waals surface area contributed by atoms with Crippen LogP contribution in [0.5, 0.6) is 5.75 Å². The van der Waals surface area contributed by atoms with Gasteiger partial charge in [0.1, 0.15) is 5.75 Å². The highest BCUT2D eigenvalue weighted by Crippen LogP contribution is 2.29. The summed E-state index contributed by atoms with van der Waals surface area (Å²) in [5.41, 5.74) is 1.01. The highest BCUT2D eigenvalue weighted by Gasteiger charge is 2.13. The first-order valence-electron chi connectivity index (χ1n) is 5.47. The Morgan fingerprint density at radius 2 is 2.39 bits per heavy atom. The fourth-order valence-electron chi connectivity index (χ4n) is 1.84. The number of carboxylic acid groups (broad SMARTS) is 1. The van der Waals surface area contributed by atoms with Gasteiger partial charge in [-0.25, -0.2) is 9.78 Å². The number of imidazole rings is 1. The number of carbonyl (C=O) groups is 1. The van der Waals surface area contributed by atoms with Crippen LogP contribution in [0.15, 0.2) is 24.4 Å². The Morgan fingerprint density at radius 3 is 3.11 bits per heavy atom. The first-order valence-corrected chi connectivity index (χ1v) is 6.28. The highest BCUT2D eigenvalue weighted by molar-refractivity contribution is 7.23. The Kier molecular flexibility index (Phi) is 2.45. The molecule has 18 heavy (non-hydrogen) atoms. The van der Waals surface area contributed by atoms with Crippen molar-refractivity contribution < 1.29 is 14.6 Å². The molecule has 0 fully saturated rings. The van der Waals surface area contributed by atoms with Crippen molar-refractivity contribution in [3.8, 4) is 5.75 Å². The lowest BCUT2D eigenvalue weighted by molar-refractivity contribution is 0.0691. The third kappa shape index (κ3) is 1.62. The lowest BCUT2D eigenvalue weighted by Gasteiger charge is -2.01. The molecule has 5 nitrogen and oxygen atoms in total. The van der Waals surface area contributed by atoms with Crippen LogP contribution >= 0.6 is 11.3 Å². The van der Waals surface area contributed by atoms with Crippen LogP contribution in [-0.4, -0.2) is 27.1 Å². The van der Waals surface area contributed by atoms with Crippen molar-refractivity contribution in [1.82, 2.24) is 9.38 Å². The van der Waals surface area contributed by atoms with Crippen LogP contribution < -0.4 is 4.74 Å². The van der Waals surface area contributed by atoms with Gasteiger partial charge in [-0.2, -0.15) is 0 Å². The van der Waals surface area contributed by atoms with Gasteiger partial charge < -0.3 is 9.84 Å². The Morgan fingerprint density at radius 1 is 1.56 bits per heavy atom. The summed E-state index contributed by atoms with van der Waals surface area (Å²) < 4.78 is 8.25. The maximum Gasteiger partial charge on any atom is 0.356 e. The molecule has 0 saturated heterocycles. The van der Waals surface area contributed by atoms with Gasteiger partial charge in [0, 0.05) is 6.20 Å². The fourth-order valence-corrected chi connectivity index (χ4v) is 2.88. The van der Waals surface area contributed by atoms with Crippen molar-refractivity contribution in [2.45, 2.75) is 6.92 Å². The van der Waals surface area contributed by atoms with Gasteiger partial charge >= 0.3 is 5.97 Å². The summed E-state index contributed by atoms with van der Waals surface area (Å²) in [6.07, 6.45) is 1.54. The number of thiazole rings is 1. The van der Waals surface area contributed by atoms with Gasteiger partial charge in [-0.1, -0.05) is 11.3 Å².